The number of aromatic nitrogens is 1. The molecule has 0 saturated heterocycles. The lowest BCUT2D eigenvalue weighted by molar-refractivity contribution is -0.157. The number of carboxylic acids is 1. The van der Waals surface area contributed by atoms with Crippen LogP contribution in [0.5, 0.6) is 0 Å². The van der Waals surface area contributed by atoms with Crippen molar-refractivity contribution < 1.29 is 19.8 Å². The van der Waals surface area contributed by atoms with E-state index in [0.29, 0.717) is 5.01 Å². The second-order valence-electron chi connectivity index (χ2n) is 6.44. The van der Waals surface area contributed by atoms with Crippen LogP contribution >= 0.6 is 0 Å². The molecular weight excluding hydrogens is 324 g/mol. The van der Waals surface area contributed by atoms with E-state index >= 15 is 0 Å². The molecule has 1 aromatic heterocycles. The minimum absolute atomic E-state index is 0.240. The van der Waals surface area contributed by atoms with E-state index < -0.39 is 36.0 Å². The summed E-state index contributed by atoms with van der Waals surface area (Å²) >= 11 is 0. The first kappa shape index (κ1) is 18.9. The lowest BCUT2D eigenvalue weighted by Gasteiger charge is -2.30. The molecule has 136 valence electrons. The summed E-state index contributed by atoms with van der Waals surface area (Å²) < 4.78 is 0. The van der Waals surface area contributed by atoms with Crippen molar-refractivity contribution in [1.82, 2.24) is 9.99 Å². The van der Waals surface area contributed by atoms with E-state index in [0.717, 1.165) is 16.5 Å². The number of carbonyl (C=O) groups is 2. The molecule has 25 heavy (non-hydrogen) atoms. The van der Waals surface area contributed by atoms with Crippen molar-refractivity contribution in [2.45, 2.75) is 38.5 Å². The predicted molar refractivity (Wildman–Crippen MR) is 93.3 cm³/mol. The fourth-order valence-corrected chi connectivity index (χ4v) is 2.86. The van der Waals surface area contributed by atoms with Crippen LogP contribution < -0.4 is 11.6 Å². The number of rotatable bonds is 7. The monoisotopic (exact) mass is 348 g/mol. The van der Waals surface area contributed by atoms with Crippen molar-refractivity contribution in [2.75, 3.05) is 0 Å². The molecule has 7 N–H and O–H groups in total. The zero-order chi connectivity index (χ0) is 18.7. The first-order valence-electron chi connectivity index (χ1n) is 8.03. The third kappa shape index (κ3) is 3.98. The molecule has 8 nitrogen and oxygen atoms in total. The number of nitrogens with two attached hydrogens (primary N) is 2. The van der Waals surface area contributed by atoms with Gasteiger partial charge in [-0.05, 0) is 24.0 Å². The van der Waals surface area contributed by atoms with Crippen molar-refractivity contribution in [3.63, 3.8) is 0 Å². The normalized spacial score (nSPS) is 15.1. The zero-order valence-electron chi connectivity index (χ0n) is 14.2. The summed E-state index contributed by atoms with van der Waals surface area (Å²) in [5, 5.41) is 21.0. The maximum Gasteiger partial charge on any atom is 0.328 e. The van der Waals surface area contributed by atoms with Gasteiger partial charge in [0.2, 0.25) is 0 Å². The Balaban J connectivity index is 2.12. The molecule has 1 amide bonds. The van der Waals surface area contributed by atoms with E-state index in [4.69, 9.17) is 11.6 Å². The lowest BCUT2D eigenvalue weighted by atomic mass is 9.99. The number of hydrazine groups is 1. The van der Waals surface area contributed by atoms with Gasteiger partial charge in [0.05, 0.1) is 0 Å². The first-order chi connectivity index (χ1) is 11.7. The van der Waals surface area contributed by atoms with Crippen molar-refractivity contribution in [2.24, 2.45) is 17.5 Å². The van der Waals surface area contributed by atoms with Crippen LogP contribution in [0, 0.1) is 5.92 Å². The lowest BCUT2D eigenvalue weighted by Crippen LogP contribution is -2.58. The Morgan fingerprint density at radius 1 is 1.28 bits per heavy atom. The molecule has 3 atom stereocenters. The maximum absolute atomic E-state index is 12.3. The highest BCUT2D eigenvalue weighted by Crippen LogP contribution is 2.20. The first-order valence-corrected chi connectivity index (χ1v) is 8.03. The second kappa shape index (κ2) is 7.64. The second-order valence-corrected chi connectivity index (χ2v) is 6.44. The van der Waals surface area contributed by atoms with Crippen molar-refractivity contribution in [3.8, 4) is 0 Å². The van der Waals surface area contributed by atoms with Crippen LogP contribution in [0.25, 0.3) is 10.9 Å². The summed E-state index contributed by atoms with van der Waals surface area (Å²) in [6.07, 6.45) is 0.416. The molecular formula is C17H24N4O4. The van der Waals surface area contributed by atoms with Crippen LogP contribution in [0.4, 0.5) is 0 Å². The largest absolute Gasteiger partial charge is 0.480 e. The number of benzene rings is 1. The summed E-state index contributed by atoms with van der Waals surface area (Å²) in [6.45, 7) is 3.26. The standard InChI is InChI=1S/C17H24N4O4/c1-9(2)14(17(24)25)21(19)16(23)15(22)12(18)7-10-8-20-13-6-4-3-5-11(10)13/h3-6,8-9,12,14-15,20,22H,7,18-19H2,1-2H3,(H,24,25)/t12-,14-,15?/m0/s1. The van der Waals surface area contributed by atoms with Gasteiger partial charge in [-0.2, -0.15) is 0 Å². The van der Waals surface area contributed by atoms with Crippen molar-refractivity contribution in [3.05, 3.63) is 36.0 Å². The molecule has 1 heterocycles. The number of aliphatic hydroxyl groups excluding tert-OH is 1. The third-order valence-corrected chi connectivity index (χ3v) is 4.23. The van der Waals surface area contributed by atoms with Crippen molar-refractivity contribution >= 4 is 22.8 Å². The highest BCUT2D eigenvalue weighted by molar-refractivity contribution is 5.87. The molecule has 0 aliphatic heterocycles. The highest BCUT2D eigenvalue weighted by atomic mass is 16.4. The molecule has 0 bridgehead atoms. The number of aliphatic hydroxyl groups is 1. The Morgan fingerprint density at radius 2 is 1.92 bits per heavy atom. The number of nitrogens with one attached hydrogen (secondary N) is 1. The number of hydrogen-bond acceptors (Lipinski definition) is 5. The van der Waals surface area contributed by atoms with Crippen LogP contribution in [0.15, 0.2) is 30.5 Å². The van der Waals surface area contributed by atoms with E-state index in [9.17, 15) is 19.8 Å². The number of carboxylic acid groups (broad SMARTS) is 1. The summed E-state index contributed by atoms with van der Waals surface area (Å²) in [5.41, 5.74) is 7.76. The molecule has 2 rings (SSSR count). The number of H-pyrrole nitrogens is 1. The van der Waals surface area contributed by atoms with Gasteiger partial charge in [0.25, 0.3) is 5.91 Å². The van der Waals surface area contributed by atoms with Gasteiger partial charge >= 0.3 is 5.97 Å². The maximum atomic E-state index is 12.3. The Morgan fingerprint density at radius 3 is 2.52 bits per heavy atom. The number of amides is 1. The number of nitrogens with zero attached hydrogens (tertiary/aromatic N) is 1. The van der Waals surface area contributed by atoms with Gasteiger partial charge in [-0.15, -0.1) is 0 Å². The summed E-state index contributed by atoms with van der Waals surface area (Å²) in [4.78, 5) is 26.7. The topological polar surface area (TPSA) is 146 Å². The van der Waals surface area contributed by atoms with E-state index in [1.165, 1.54) is 0 Å². The molecule has 0 radical (unpaired) electrons. The number of aliphatic carboxylic acids is 1. The van der Waals surface area contributed by atoms with Crippen LogP contribution in [-0.4, -0.2) is 50.3 Å². The SMILES string of the molecule is CC(C)[C@@H](C(=O)O)N(N)C(=O)C(O)[C@@H](N)Cc1c[nH]c2ccccc12. The van der Waals surface area contributed by atoms with E-state index in [1.54, 1.807) is 20.0 Å². The van der Waals surface area contributed by atoms with Crippen LogP contribution in [0.2, 0.25) is 0 Å². The van der Waals surface area contributed by atoms with Crippen LogP contribution in [0.1, 0.15) is 19.4 Å². The number of hydrogen-bond donors (Lipinski definition) is 5. The van der Waals surface area contributed by atoms with Gasteiger partial charge in [-0.1, -0.05) is 32.0 Å². The minimum atomic E-state index is -1.60. The highest BCUT2D eigenvalue weighted by Gasteiger charge is 2.35. The number of carbonyl (C=O) groups excluding carboxylic acids is 1. The van der Waals surface area contributed by atoms with E-state index in [1.807, 2.05) is 24.3 Å². The molecule has 1 unspecified atom stereocenters. The van der Waals surface area contributed by atoms with Gasteiger partial charge in [0.15, 0.2) is 0 Å². The molecule has 0 aliphatic rings. The van der Waals surface area contributed by atoms with Gasteiger partial charge in [-0.25, -0.2) is 10.6 Å². The van der Waals surface area contributed by atoms with Crippen molar-refractivity contribution in [1.29, 1.82) is 0 Å². The molecule has 0 fully saturated rings. The van der Waals surface area contributed by atoms with Crippen LogP contribution in [-0.2, 0) is 16.0 Å². The Bertz CT molecular complexity index is 758. The Labute approximate surface area is 145 Å². The van der Waals surface area contributed by atoms with Gasteiger partial charge in [0, 0.05) is 23.1 Å². The minimum Gasteiger partial charge on any atom is -0.480 e. The predicted octanol–water partition coefficient (Wildman–Crippen LogP) is 0.210. The molecule has 8 heteroatoms. The van der Waals surface area contributed by atoms with E-state index in [2.05, 4.69) is 4.98 Å². The summed E-state index contributed by atoms with van der Waals surface area (Å²) in [7, 11) is 0. The summed E-state index contributed by atoms with van der Waals surface area (Å²) in [5.74, 6) is 3.09. The molecule has 0 saturated carbocycles. The van der Waals surface area contributed by atoms with E-state index in [-0.39, 0.29) is 6.42 Å². The number of fused-ring (bicyclic) bond motifs is 1. The quantitative estimate of drug-likeness (QED) is 0.275. The van der Waals surface area contributed by atoms with Crippen LogP contribution in [0.3, 0.4) is 0 Å². The smallest absolute Gasteiger partial charge is 0.328 e. The average Bonchev–Trinajstić information content (AvgIpc) is 2.95. The number of aromatic amines is 1. The van der Waals surface area contributed by atoms with Gasteiger partial charge in [-0.3, -0.25) is 9.80 Å². The molecule has 0 spiro atoms. The fourth-order valence-electron chi connectivity index (χ4n) is 2.86. The Hall–Kier alpha value is -2.42. The average molecular weight is 348 g/mol. The molecule has 1 aromatic carbocycles. The summed E-state index contributed by atoms with van der Waals surface area (Å²) in [6, 6.07) is 5.45. The molecule has 2 aromatic rings. The molecule has 0 aliphatic carbocycles. The third-order valence-electron chi connectivity index (χ3n) is 4.23. The van der Waals surface area contributed by atoms with Gasteiger partial charge in [0.1, 0.15) is 12.1 Å². The Kier molecular flexibility index (Phi) is 5.78. The zero-order valence-corrected chi connectivity index (χ0v) is 14.2. The number of para-hydroxylation sites is 1. The fraction of sp³-hybridized carbons (Fsp3) is 0.412. The van der Waals surface area contributed by atoms with Gasteiger partial charge < -0.3 is 20.9 Å².